The van der Waals surface area contributed by atoms with Crippen LogP contribution in [-0.4, -0.2) is 6.54 Å². The van der Waals surface area contributed by atoms with Gasteiger partial charge in [0.1, 0.15) is 0 Å². The molecule has 1 unspecified atom stereocenters. The molecule has 0 heterocycles. The fourth-order valence-corrected chi connectivity index (χ4v) is 3.24. The van der Waals surface area contributed by atoms with Gasteiger partial charge in [-0.15, -0.1) is 0 Å². The second kappa shape index (κ2) is 7.30. The summed E-state index contributed by atoms with van der Waals surface area (Å²) in [5, 5.41) is 3.42. The normalized spacial score (nSPS) is 18.7. The minimum absolute atomic E-state index is 0.167. The smallest absolute Gasteiger partial charge is 0.310 e. The number of hydrogen-bond donors (Lipinski definition) is 1. The van der Waals surface area contributed by atoms with Gasteiger partial charge in [-0.25, -0.2) is 0 Å². The molecule has 1 aromatic carbocycles. The van der Waals surface area contributed by atoms with Gasteiger partial charge in [0.15, 0.2) is 0 Å². The van der Waals surface area contributed by atoms with Gasteiger partial charge in [0, 0.05) is 6.04 Å². The van der Waals surface area contributed by atoms with E-state index in [1.807, 2.05) is 6.92 Å². The Balaban J connectivity index is 2.06. The van der Waals surface area contributed by atoms with Gasteiger partial charge >= 0.3 is 6.18 Å². The van der Waals surface area contributed by atoms with Crippen molar-refractivity contribution in [3.05, 3.63) is 35.4 Å². The lowest BCUT2D eigenvalue weighted by atomic mass is 9.83. The van der Waals surface area contributed by atoms with Crippen LogP contribution in [-0.2, 0) is 6.18 Å². The number of alkyl halides is 3. The van der Waals surface area contributed by atoms with Gasteiger partial charge in [-0.05, 0) is 36.6 Å². The van der Waals surface area contributed by atoms with E-state index < -0.39 is 11.7 Å². The number of nitrogens with one attached hydrogen (secondary N) is 1. The third kappa shape index (κ3) is 4.73. The largest absolute Gasteiger partial charge is 0.416 e. The topological polar surface area (TPSA) is 12.0 Å². The molecule has 0 aliphatic heterocycles. The second-order valence-electron chi connectivity index (χ2n) is 5.97. The van der Waals surface area contributed by atoms with Crippen molar-refractivity contribution in [1.29, 1.82) is 0 Å². The number of rotatable bonds is 5. The molecule has 1 aliphatic rings. The Labute approximate surface area is 124 Å². The monoisotopic (exact) mass is 299 g/mol. The number of hydrogen-bond acceptors (Lipinski definition) is 1. The minimum atomic E-state index is -4.25. The fraction of sp³-hybridized carbons (Fsp3) is 0.647. The fourth-order valence-electron chi connectivity index (χ4n) is 3.24. The highest BCUT2D eigenvalue weighted by atomic mass is 19.4. The van der Waals surface area contributed by atoms with E-state index in [0.29, 0.717) is 5.92 Å². The molecule has 1 N–H and O–H groups in total. The summed E-state index contributed by atoms with van der Waals surface area (Å²) in [6.07, 6.45) is 3.18. The Kier molecular flexibility index (Phi) is 5.68. The Hall–Kier alpha value is -1.03. The van der Waals surface area contributed by atoms with Crippen molar-refractivity contribution in [3.8, 4) is 0 Å². The van der Waals surface area contributed by atoms with Crippen LogP contribution in [0.2, 0.25) is 0 Å². The molecule has 0 spiro atoms. The van der Waals surface area contributed by atoms with Gasteiger partial charge in [-0.2, -0.15) is 13.2 Å². The Bertz CT molecular complexity index is 419. The lowest BCUT2D eigenvalue weighted by Gasteiger charge is -2.27. The van der Waals surface area contributed by atoms with E-state index in [1.165, 1.54) is 44.2 Å². The van der Waals surface area contributed by atoms with E-state index in [4.69, 9.17) is 0 Å². The highest BCUT2D eigenvalue weighted by molar-refractivity contribution is 5.27. The van der Waals surface area contributed by atoms with Gasteiger partial charge < -0.3 is 5.32 Å². The molecule has 0 bridgehead atoms. The molecule has 2 rings (SSSR count). The SMILES string of the molecule is CCNC(CC1CCCCC1)c1ccc(C(F)(F)F)cc1. The summed E-state index contributed by atoms with van der Waals surface area (Å²) in [6, 6.07) is 5.80. The summed E-state index contributed by atoms with van der Waals surface area (Å²) in [5.74, 6) is 0.699. The molecule has 1 saturated carbocycles. The van der Waals surface area contributed by atoms with Crippen LogP contribution in [0.15, 0.2) is 24.3 Å². The van der Waals surface area contributed by atoms with E-state index in [9.17, 15) is 13.2 Å². The zero-order valence-electron chi connectivity index (χ0n) is 12.5. The van der Waals surface area contributed by atoms with E-state index in [-0.39, 0.29) is 6.04 Å². The Morgan fingerprint density at radius 1 is 1.10 bits per heavy atom. The molecule has 0 radical (unpaired) electrons. The first-order chi connectivity index (χ1) is 10.0. The van der Waals surface area contributed by atoms with Crippen molar-refractivity contribution >= 4 is 0 Å². The molecule has 0 aromatic heterocycles. The highest BCUT2D eigenvalue weighted by Gasteiger charge is 2.30. The summed E-state index contributed by atoms with van der Waals surface area (Å²) >= 11 is 0. The van der Waals surface area contributed by atoms with Gasteiger partial charge in [0.05, 0.1) is 5.56 Å². The lowest BCUT2D eigenvalue weighted by molar-refractivity contribution is -0.137. The number of halogens is 3. The van der Waals surface area contributed by atoms with Crippen molar-refractivity contribution in [2.75, 3.05) is 6.54 Å². The van der Waals surface area contributed by atoms with Crippen molar-refractivity contribution in [3.63, 3.8) is 0 Å². The molecule has 1 nitrogen and oxygen atoms in total. The van der Waals surface area contributed by atoms with E-state index >= 15 is 0 Å². The molecule has 1 aromatic rings. The maximum Gasteiger partial charge on any atom is 0.416 e. The summed E-state index contributed by atoms with van der Waals surface area (Å²) in [7, 11) is 0. The molecule has 1 atom stereocenters. The lowest BCUT2D eigenvalue weighted by Crippen LogP contribution is -2.24. The van der Waals surface area contributed by atoms with Crippen LogP contribution in [0.25, 0.3) is 0 Å². The van der Waals surface area contributed by atoms with Gasteiger partial charge in [-0.1, -0.05) is 51.2 Å². The zero-order chi connectivity index (χ0) is 15.3. The quantitative estimate of drug-likeness (QED) is 0.775. The van der Waals surface area contributed by atoms with Crippen LogP contribution in [0.1, 0.15) is 62.6 Å². The van der Waals surface area contributed by atoms with Gasteiger partial charge in [-0.3, -0.25) is 0 Å². The molecule has 0 amide bonds. The summed E-state index contributed by atoms with van der Waals surface area (Å²) in [4.78, 5) is 0. The number of benzene rings is 1. The maximum absolute atomic E-state index is 12.6. The first-order valence-electron chi connectivity index (χ1n) is 7.91. The minimum Gasteiger partial charge on any atom is -0.310 e. The average Bonchev–Trinajstić information content (AvgIpc) is 2.47. The first kappa shape index (κ1) is 16.3. The molecule has 118 valence electrons. The van der Waals surface area contributed by atoms with Crippen molar-refractivity contribution in [1.82, 2.24) is 5.32 Å². The predicted octanol–water partition coefficient (Wildman–Crippen LogP) is 5.33. The molecule has 21 heavy (non-hydrogen) atoms. The van der Waals surface area contributed by atoms with Crippen LogP contribution in [0.3, 0.4) is 0 Å². The van der Waals surface area contributed by atoms with Crippen LogP contribution in [0, 0.1) is 5.92 Å². The molecular formula is C17H24F3N. The van der Waals surface area contributed by atoms with E-state index in [2.05, 4.69) is 5.32 Å². The van der Waals surface area contributed by atoms with Crippen molar-refractivity contribution < 1.29 is 13.2 Å². The third-order valence-electron chi connectivity index (χ3n) is 4.38. The van der Waals surface area contributed by atoms with Crippen LogP contribution in [0.5, 0.6) is 0 Å². The maximum atomic E-state index is 12.6. The van der Waals surface area contributed by atoms with Crippen LogP contribution < -0.4 is 5.32 Å². The summed E-state index contributed by atoms with van der Waals surface area (Å²) in [6.45, 7) is 2.87. The van der Waals surface area contributed by atoms with Gasteiger partial charge in [0.25, 0.3) is 0 Å². The summed E-state index contributed by atoms with van der Waals surface area (Å²) < 4.78 is 37.9. The summed E-state index contributed by atoms with van der Waals surface area (Å²) in [5.41, 5.74) is 0.398. The van der Waals surface area contributed by atoms with E-state index in [0.717, 1.165) is 18.5 Å². The first-order valence-corrected chi connectivity index (χ1v) is 7.91. The molecular weight excluding hydrogens is 275 g/mol. The highest BCUT2D eigenvalue weighted by Crippen LogP contribution is 2.34. The predicted molar refractivity (Wildman–Crippen MR) is 79.1 cm³/mol. The van der Waals surface area contributed by atoms with Crippen LogP contribution in [0.4, 0.5) is 13.2 Å². The second-order valence-corrected chi connectivity index (χ2v) is 5.97. The zero-order valence-corrected chi connectivity index (χ0v) is 12.5. The van der Waals surface area contributed by atoms with E-state index in [1.54, 1.807) is 12.1 Å². The Morgan fingerprint density at radius 2 is 1.71 bits per heavy atom. The molecule has 4 heteroatoms. The third-order valence-corrected chi connectivity index (χ3v) is 4.38. The average molecular weight is 299 g/mol. The van der Waals surface area contributed by atoms with Crippen molar-refractivity contribution in [2.24, 2.45) is 5.92 Å². The van der Waals surface area contributed by atoms with Crippen LogP contribution >= 0.6 is 0 Å². The molecule has 0 saturated heterocycles. The Morgan fingerprint density at radius 3 is 2.24 bits per heavy atom. The molecule has 1 fully saturated rings. The van der Waals surface area contributed by atoms with Gasteiger partial charge in [0.2, 0.25) is 0 Å². The standard InChI is InChI=1S/C17H24F3N/c1-2-21-16(12-13-6-4-3-5-7-13)14-8-10-15(11-9-14)17(18,19)20/h8-11,13,16,21H,2-7,12H2,1H3. The molecule has 1 aliphatic carbocycles. The van der Waals surface area contributed by atoms with Crippen molar-refractivity contribution in [2.45, 2.75) is 57.7 Å².